The third kappa shape index (κ3) is 5.17. The van der Waals surface area contributed by atoms with Gasteiger partial charge in [0.05, 0.1) is 29.1 Å². The number of carbonyl (C=O) groups is 1. The second-order valence-corrected chi connectivity index (χ2v) is 8.36. The number of carbonyl (C=O) groups excluding carboxylic acids is 1. The number of ether oxygens (including phenoxy) is 1. The molecule has 0 saturated carbocycles. The summed E-state index contributed by atoms with van der Waals surface area (Å²) in [5.74, 6) is 1.12. The lowest BCUT2D eigenvalue weighted by Gasteiger charge is -2.09. The van der Waals surface area contributed by atoms with Gasteiger partial charge in [-0.15, -0.1) is 0 Å². The van der Waals surface area contributed by atoms with Gasteiger partial charge in [-0.1, -0.05) is 12.1 Å². The van der Waals surface area contributed by atoms with Crippen LogP contribution in [0.5, 0.6) is 5.75 Å². The van der Waals surface area contributed by atoms with Gasteiger partial charge in [-0.3, -0.25) is 4.79 Å². The van der Waals surface area contributed by atoms with Crippen LogP contribution >= 0.6 is 0 Å². The molecule has 1 aromatic heterocycles. The van der Waals surface area contributed by atoms with Crippen LogP contribution in [0.1, 0.15) is 26.1 Å². The van der Waals surface area contributed by atoms with Crippen LogP contribution in [0.25, 0.3) is 11.0 Å². The van der Waals surface area contributed by atoms with Crippen molar-refractivity contribution in [2.75, 3.05) is 13.2 Å². The second kappa shape index (κ2) is 9.73. The Labute approximate surface area is 176 Å². The maximum Gasteiger partial charge on any atom is 0.240 e. The van der Waals surface area contributed by atoms with Gasteiger partial charge in [-0.2, -0.15) is 0 Å². The highest BCUT2D eigenvalue weighted by Crippen LogP contribution is 2.16. The largest absolute Gasteiger partial charge is 0.494 e. The average molecular weight is 431 g/mol. The minimum atomic E-state index is -3.68. The summed E-state index contributed by atoms with van der Waals surface area (Å²) in [6.07, 6.45) is 0.0304. The number of aryl methyl sites for hydroxylation is 1. The van der Waals surface area contributed by atoms with Crippen LogP contribution in [0.4, 0.5) is 0 Å². The fourth-order valence-corrected chi connectivity index (χ4v) is 4.18. The number of hydrogen-bond acceptors (Lipinski definition) is 5. The molecule has 30 heavy (non-hydrogen) atoms. The average Bonchev–Trinajstić information content (AvgIpc) is 3.10. The number of rotatable bonds is 10. The predicted octanol–water partition coefficient (Wildman–Crippen LogP) is 2.44. The highest BCUT2D eigenvalue weighted by molar-refractivity contribution is 7.89. The Morgan fingerprint density at radius 2 is 1.83 bits per heavy atom. The lowest BCUT2D eigenvalue weighted by atomic mass is 10.3. The van der Waals surface area contributed by atoms with Gasteiger partial charge in [0.25, 0.3) is 0 Å². The third-order valence-corrected chi connectivity index (χ3v) is 6.06. The SMILES string of the molecule is CCOc1ccc(S(=O)(=O)NCCC(=O)NCc2nc3ccccc3n2CC)cc1. The Morgan fingerprint density at radius 1 is 1.10 bits per heavy atom. The Bertz CT molecular complexity index is 1110. The van der Waals surface area contributed by atoms with E-state index in [9.17, 15) is 13.2 Å². The third-order valence-electron chi connectivity index (χ3n) is 4.58. The van der Waals surface area contributed by atoms with Crippen molar-refractivity contribution in [2.24, 2.45) is 0 Å². The molecule has 0 aliphatic rings. The highest BCUT2D eigenvalue weighted by Gasteiger charge is 2.15. The number of fused-ring (bicyclic) bond motifs is 1. The first-order valence-electron chi connectivity index (χ1n) is 9.88. The van der Waals surface area contributed by atoms with Crippen LogP contribution < -0.4 is 14.8 Å². The summed E-state index contributed by atoms with van der Waals surface area (Å²) in [5.41, 5.74) is 1.90. The number of aromatic nitrogens is 2. The lowest BCUT2D eigenvalue weighted by molar-refractivity contribution is -0.121. The Hall–Kier alpha value is -2.91. The lowest BCUT2D eigenvalue weighted by Crippen LogP contribution is -2.31. The van der Waals surface area contributed by atoms with E-state index in [4.69, 9.17) is 4.74 Å². The fourth-order valence-electron chi connectivity index (χ4n) is 3.14. The molecule has 1 heterocycles. The normalized spacial score (nSPS) is 11.5. The zero-order valence-corrected chi connectivity index (χ0v) is 17.9. The van der Waals surface area contributed by atoms with E-state index in [1.807, 2.05) is 42.7 Å². The van der Waals surface area contributed by atoms with Gasteiger partial charge >= 0.3 is 0 Å². The van der Waals surface area contributed by atoms with Crippen molar-refractivity contribution in [2.45, 2.75) is 38.3 Å². The smallest absolute Gasteiger partial charge is 0.240 e. The molecule has 0 fully saturated rings. The molecule has 0 bridgehead atoms. The van der Waals surface area contributed by atoms with Crippen LogP contribution in [0.15, 0.2) is 53.4 Å². The van der Waals surface area contributed by atoms with E-state index >= 15 is 0 Å². The molecule has 8 nitrogen and oxygen atoms in total. The molecule has 0 saturated heterocycles. The molecule has 1 amide bonds. The minimum absolute atomic E-state index is 0.00553. The zero-order chi connectivity index (χ0) is 21.6. The molecular weight excluding hydrogens is 404 g/mol. The predicted molar refractivity (Wildman–Crippen MR) is 115 cm³/mol. The molecule has 0 unspecified atom stereocenters. The minimum Gasteiger partial charge on any atom is -0.494 e. The molecule has 0 atom stereocenters. The molecule has 2 aromatic carbocycles. The number of para-hydroxylation sites is 2. The van der Waals surface area contributed by atoms with Gasteiger partial charge in [0.1, 0.15) is 11.6 Å². The van der Waals surface area contributed by atoms with Crippen LogP contribution in [0, 0.1) is 0 Å². The quantitative estimate of drug-likeness (QED) is 0.514. The van der Waals surface area contributed by atoms with Gasteiger partial charge in [0, 0.05) is 19.5 Å². The van der Waals surface area contributed by atoms with E-state index in [1.54, 1.807) is 12.1 Å². The number of nitrogens with one attached hydrogen (secondary N) is 2. The molecule has 3 rings (SSSR count). The molecule has 3 aromatic rings. The summed E-state index contributed by atoms with van der Waals surface area (Å²) in [6.45, 7) is 5.42. The number of hydrogen-bond donors (Lipinski definition) is 2. The molecule has 0 spiro atoms. The number of sulfonamides is 1. The first-order chi connectivity index (χ1) is 14.4. The number of nitrogens with zero attached hydrogens (tertiary/aromatic N) is 2. The topological polar surface area (TPSA) is 102 Å². The van der Waals surface area contributed by atoms with E-state index in [0.29, 0.717) is 12.4 Å². The summed E-state index contributed by atoms with van der Waals surface area (Å²) in [7, 11) is -3.68. The Balaban J connectivity index is 1.51. The van der Waals surface area contributed by atoms with Crippen molar-refractivity contribution < 1.29 is 17.9 Å². The molecule has 2 N–H and O–H groups in total. The van der Waals surface area contributed by atoms with Crippen molar-refractivity contribution in [1.29, 1.82) is 0 Å². The Kier molecular flexibility index (Phi) is 7.07. The van der Waals surface area contributed by atoms with Crippen molar-refractivity contribution >= 4 is 27.0 Å². The zero-order valence-electron chi connectivity index (χ0n) is 17.1. The standard InChI is InChI=1S/C21H26N4O4S/c1-3-25-19-8-6-5-7-18(19)24-20(25)15-22-21(26)13-14-23-30(27,28)17-11-9-16(10-12-17)29-4-2/h5-12,23H,3-4,13-15H2,1-2H3,(H,22,26). The molecule has 0 aliphatic carbocycles. The Morgan fingerprint density at radius 3 is 2.53 bits per heavy atom. The van der Waals surface area contributed by atoms with Crippen molar-refractivity contribution in [3.63, 3.8) is 0 Å². The monoisotopic (exact) mass is 430 g/mol. The van der Waals surface area contributed by atoms with E-state index in [2.05, 4.69) is 15.0 Å². The second-order valence-electron chi connectivity index (χ2n) is 6.59. The van der Waals surface area contributed by atoms with Crippen LogP contribution in [0.2, 0.25) is 0 Å². The van der Waals surface area contributed by atoms with Gasteiger partial charge in [0.2, 0.25) is 15.9 Å². The highest BCUT2D eigenvalue weighted by atomic mass is 32.2. The first-order valence-corrected chi connectivity index (χ1v) is 11.4. The maximum atomic E-state index is 12.3. The van der Waals surface area contributed by atoms with E-state index in [0.717, 1.165) is 23.4 Å². The molecule has 0 radical (unpaired) electrons. The van der Waals surface area contributed by atoms with Gasteiger partial charge in [0.15, 0.2) is 0 Å². The molecular formula is C21H26N4O4S. The summed E-state index contributed by atoms with van der Waals surface area (Å²) < 4.78 is 34.5. The van der Waals surface area contributed by atoms with Crippen LogP contribution in [-0.4, -0.2) is 37.0 Å². The fraction of sp³-hybridized carbons (Fsp3) is 0.333. The number of amides is 1. The van der Waals surface area contributed by atoms with Crippen molar-refractivity contribution in [1.82, 2.24) is 19.6 Å². The van der Waals surface area contributed by atoms with Gasteiger partial charge in [-0.25, -0.2) is 18.1 Å². The molecule has 160 valence electrons. The summed E-state index contributed by atoms with van der Waals surface area (Å²) >= 11 is 0. The van der Waals surface area contributed by atoms with Crippen LogP contribution in [-0.2, 0) is 27.9 Å². The summed E-state index contributed by atoms with van der Waals surface area (Å²) in [4.78, 5) is 16.9. The van der Waals surface area contributed by atoms with E-state index < -0.39 is 10.0 Å². The van der Waals surface area contributed by atoms with E-state index in [-0.39, 0.29) is 30.3 Å². The first kappa shape index (κ1) is 21.8. The number of imidazole rings is 1. The van der Waals surface area contributed by atoms with Gasteiger partial charge in [-0.05, 0) is 50.2 Å². The molecule has 9 heteroatoms. The van der Waals surface area contributed by atoms with Gasteiger partial charge < -0.3 is 14.6 Å². The van der Waals surface area contributed by atoms with Crippen LogP contribution in [0.3, 0.4) is 0 Å². The van der Waals surface area contributed by atoms with Crippen molar-refractivity contribution in [3.05, 3.63) is 54.4 Å². The number of benzene rings is 2. The molecule has 0 aliphatic heterocycles. The van der Waals surface area contributed by atoms with E-state index in [1.165, 1.54) is 12.1 Å². The maximum absolute atomic E-state index is 12.3. The summed E-state index contributed by atoms with van der Waals surface area (Å²) in [6, 6.07) is 14.0. The van der Waals surface area contributed by atoms with Crippen molar-refractivity contribution in [3.8, 4) is 5.75 Å². The summed E-state index contributed by atoms with van der Waals surface area (Å²) in [5, 5.41) is 2.81.